The first-order chi connectivity index (χ1) is 44.2. The van der Waals surface area contributed by atoms with Crippen molar-refractivity contribution in [2.75, 3.05) is 49.2 Å². The molecule has 5 N–H and O–H groups in total. The highest BCUT2D eigenvalue weighted by Crippen LogP contribution is 2.66. The van der Waals surface area contributed by atoms with Gasteiger partial charge in [0.05, 0.1) is 43.7 Å². The Bertz CT molecular complexity index is 4100. The monoisotopic (exact) mass is 1390 g/mol. The normalized spacial score (nSPS) is 31.0. The fourth-order valence-corrected chi connectivity index (χ4v) is 17.3. The van der Waals surface area contributed by atoms with E-state index in [1.165, 1.54) is 28.4 Å². The van der Waals surface area contributed by atoms with E-state index in [0.717, 1.165) is 39.0 Å². The van der Waals surface area contributed by atoms with Crippen molar-refractivity contribution < 1.29 is 89.2 Å². The number of hydrogen-bond acceptors (Lipinski definition) is 29. The van der Waals surface area contributed by atoms with Crippen LogP contribution in [0.5, 0.6) is 0 Å². The molecule has 7 aliphatic heterocycles. The second kappa shape index (κ2) is 27.9. The molecule has 0 spiro atoms. The van der Waals surface area contributed by atoms with Gasteiger partial charge in [-0.2, -0.15) is 0 Å². The van der Waals surface area contributed by atoms with Crippen molar-refractivity contribution in [1.29, 1.82) is 0 Å². The average molecular weight is 1390 g/mol. The Morgan fingerprint density at radius 3 is 1.66 bits per heavy atom. The second-order valence-electron chi connectivity index (χ2n) is 20.9. The van der Waals surface area contributed by atoms with E-state index in [2.05, 4.69) is 36.8 Å². The first-order valence-electron chi connectivity index (χ1n) is 28.0. The van der Waals surface area contributed by atoms with E-state index in [9.17, 15) is 43.1 Å². The lowest BCUT2D eigenvalue weighted by atomic mass is 10.1. The standard InChI is InChI=1S/C32H26N5O8PS.C12H15N4O5PS.C12H17N2O6PS.CH4/c1-47-46(41)42-17-23-25(45-46)26(44-32(40)22-15-9-4-10-16-22)31(43-23)36-19-35-24-27(36)33-18-34-28(24)37(29(38)20-11-5-2-6-12-20)30(39)21-13-7-3-8-14-21;1-23-22(18)19-4-7-10(21-22)9(17)12(20-7)16-5-15-8-6(13)2-3-14-11(8)16;1-6-4-14(7(2)13-11(6)16)12-9(15)10-8(19-12)5-18-21(17,20-10)22-3;/h2-16,18-19,23,25-26,31H,17H2,1H3;2-3,5,7,9-10,12,17H,4H2,1H3,(H2,13,14);4,8-10,12,15H,2,5H2,1,3H3,(H,13,16);1H4/t23-,25?,26?,31-,46?;7-,9?,10?,12-,22?;8-,9?,10?,12-,21?;/m111./s1. The minimum atomic E-state index is -3.56. The number of carbonyl (C=O) groups excluding carboxylic acids is 4. The Morgan fingerprint density at radius 1 is 0.645 bits per heavy atom. The van der Waals surface area contributed by atoms with Gasteiger partial charge in [0.2, 0.25) is 0 Å². The molecule has 0 bridgehead atoms. The van der Waals surface area contributed by atoms with Crippen LogP contribution in [0.25, 0.3) is 22.3 Å². The third-order valence-corrected chi connectivity index (χ3v) is 25.3. The molecule has 14 rings (SSSR count). The van der Waals surface area contributed by atoms with Crippen LogP contribution in [0, 0.1) is 0 Å². The molecule has 0 saturated carbocycles. The van der Waals surface area contributed by atoms with Gasteiger partial charge < -0.3 is 45.1 Å². The summed E-state index contributed by atoms with van der Waals surface area (Å²) in [5.74, 6) is -1.90. The number of benzene rings is 3. The van der Waals surface area contributed by atoms with Crippen molar-refractivity contribution in [3.63, 3.8) is 0 Å². The molecule has 93 heavy (non-hydrogen) atoms. The Hall–Kier alpha value is -6.71. The molecule has 4 aromatic heterocycles. The number of nitrogen functional groups attached to an aromatic ring is 1. The van der Waals surface area contributed by atoms with Gasteiger partial charge in [0.15, 0.2) is 47.4 Å². The van der Waals surface area contributed by atoms with E-state index >= 15 is 0 Å². The number of esters is 1. The number of hydrogen-bond donors (Lipinski definition) is 4. The van der Waals surface area contributed by atoms with E-state index in [4.69, 9.17) is 51.8 Å². The van der Waals surface area contributed by atoms with Crippen molar-refractivity contribution in [1.82, 2.24) is 44.3 Å². The minimum absolute atomic E-state index is 0. The largest absolute Gasteiger partial charge is 0.451 e. The number of aliphatic hydroxyl groups excluding tert-OH is 2. The zero-order valence-corrected chi connectivity index (χ0v) is 54.0. The summed E-state index contributed by atoms with van der Waals surface area (Å²) < 4.78 is 97.3. The molecule has 6 fully saturated rings. The smallest absolute Gasteiger partial charge is 0.389 e. The van der Waals surface area contributed by atoms with Crippen LogP contribution >= 0.6 is 54.5 Å². The summed E-state index contributed by atoms with van der Waals surface area (Å²) in [7, 11) is 0. The summed E-state index contributed by atoms with van der Waals surface area (Å²) in [5, 5.41) is 23.6. The number of imide groups is 1. The van der Waals surface area contributed by atoms with E-state index < -0.39 is 112 Å². The van der Waals surface area contributed by atoms with Gasteiger partial charge in [-0.3, -0.25) is 50.7 Å². The van der Waals surface area contributed by atoms with Crippen LogP contribution < -0.4 is 16.0 Å². The molecule has 0 radical (unpaired) electrons. The van der Waals surface area contributed by atoms with Gasteiger partial charge in [-0.15, -0.1) is 0 Å². The van der Waals surface area contributed by atoms with Gasteiger partial charge in [0.25, 0.3) is 17.7 Å². The molecule has 15 atom stereocenters. The predicted molar refractivity (Wildman–Crippen MR) is 341 cm³/mol. The summed E-state index contributed by atoms with van der Waals surface area (Å²) >= 11 is 2.91. The lowest BCUT2D eigenvalue weighted by Gasteiger charge is -2.34. The summed E-state index contributed by atoms with van der Waals surface area (Å²) in [6, 6.07) is 26.7. The van der Waals surface area contributed by atoms with Crippen molar-refractivity contribution in [3.8, 4) is 0 Å². The maximum atomic E-state index is 13.9. The average Bonchev–Trinajstić information content (AvgIpc) is 1.63. The number of imidazole rings is 2. The van der Waals surface area contributed by atoms with Crippen LogP contribution in [0.1, 0.15) is 57.9 Å². The van der Waals surface area contributed by atoms with E-state index in [-0.39, 0.29) is 61.3 Å². The van der Waals surface area contributed by atoms with Gasteiger partial charge in [0, 0.05) is 29.1 Å². The SMILES string of the molecule is C.C=C1NC(=O)C(C)=CN1[C@@H]1O[C@@H]2COP(=O)(SC)OC2C1O.CSP1(=O)OC[C@H]2O[C@@H](n3cnc4c(N(C(=O)c5ccccc5)C(=O)c5ccccc5)ncnc43)C(OC(=O)c3ccccc3)C2O1.CSP1(=O)OC[C@H]2O[C@@H](n3cnc4c(N)ccnc43)C(O)C2O1. The zero-order chi connectivity index (χ0) is 64.8. The lowest BCUT2D eigenvalue weighted by molar-refractivity contribution is -0.119. The topological polar surface area (TPSA) is 371 Å². The molecule has 36 heteroatoms. The van der Waals surface area contributed by atoms with Crippen molar-refractivity contribution in [2.24, 2.45) is 0 Å². The summed E-state index contributed by atoms with van der Waals surface area (Å²) in [6.07, 6.45) is 2.03. The van der Waals surface area contributed by atoms with Crippen molar-refractivity contribution in [2.45, 2.75) is 88.0 Å². The van der Waals surface area contributed by atoms with Crippen molar-refractivity contribution in [3.05, 3.63) is 163 Å². The number of nitrogens with one attached hydrogen (secondary N) is 1. The van der Waals surface area contributed by atoms with Crippen molar-refractivity contribution >= 4 is 112 Å². The number of rotatable bonds is 11. The van der Waals surface area contributed by atoms with Gasteiger partial charge in [0.1, 0.15) is 66.5 Å². The molecule has 7 aliphatic rings. The van der Waals surface area contributed by atoms with E-state index in [1.807, 2.05) is 0 Å². The quantitative estimate of drug-likeness (QED) is 0.0543. The maximum absolute atomic E-state index is 13.9. The molecule has 0 aliphatic carbocycles. The van der Waals surface area contributed by atoms with Gasteiger partial charge >= 0.3 is 26.4 Å². The fraction of sp³-hybridized carbons (Fsp3) is 0.351. The third-order valence-electron chi connectivity index (χ3n) is 15.3. The molecule has 7 aromatic rings. The number of aromatic nitrogens is 7. The highest BCUT2D eigenvalue weighted by molar-refractivity contribution is 8.55. The number of aliphatic hydroxyl groups is 2. The first kappa shape index (κ1) is 67.7. The Kier molecular flexibility index (Phi) is 20.3. The molecular formula is C57H62N11O19P3S3. The van der Waals surface area contributed by atoms with Crippen LogP contribution in [0.15, 0.2) is 146 Å². The molecule has 11 heterocycles. The van der Waals surface area contributed by atoms with Crippen LogP contribution in [0.3, 0.4) is 0 Å². The van der Waals surface area contributed by atoms with Gasteiger partial charge in [-0.05, 0) is 102 Å². The highest BCUT2D eigenvalue weighted by atomic mass is 32.7. The summed E-state index contributed by atoms with van der Waals surface area (Å²) in [6.45, 7) is -4.57. The fourth-order valence-electron chi connectivity index (χ4n) is 10.7. The first-order valence-corrected chi connectivity index (χ1v) is 38.1. The number of pyridine rings is 1. The highest BCUT2D eigenvalue weighted by Gasteiger charge is 2.57. The van der Waals surface area contributed by atoms with Crippen LogP contribution in [-0.4, -0.2) is 173 Å². The molecule has 3 aromatic carbocycles. The van der Waals surface area contributed by atoms with Gasteiger partial charge in [-0.1, -0.05) is 68.6 Å². The number of ether oxygens (including phenoxy) is 4. The molecular weight excluding hydrogens is 1330 g/mol. The maximum Gasteiger partial charge on any atom is 0.389 e. The number of amides is 3. The number of carbonyl (C=O) groups is 4. The molecule has 3 amide bonds. The van der Waals surface area contributed by atoms with Gasteiger partial charge in [-0.25, -0.2) is 48.3 Å². The predicted octanol–water partition coefficient (Wildman–Crippen LogP) is 7.88. The second-order valence-corrected chi connectivity index (χ2v) is 33.4. The Morgan fingerprint density at radius 2 is 1.11 bits per heavy atom. The number of nitrogens with two attached hydrogens (primary N) is 1. The molecule has 30 nitrogen and oxygen atoms in total. The van der Waals surface area contributed by atoms with Crippen LogP contribution in [0.4, 0.5) is 11.5 Å². The number of fused-ring (bicyclic) bond motifs is 5. The van der Waals surface area contributed by atoms with Crippen LogP contribution in [-0.2, 0) is 64.6 Å². The summed E-state index contributed by atoms with van der Waals surface area (Å²) in [5.41, 5.74) is 8.96. The Balaban J connectivity index is 0.000000160. The lowest BCUT2D eigenvalue weighted by Crippen LogP contribution is -2.47. The third kappa shape index (κ3) is 13.5. The van der Waals surface area contributed by atoms with E-state index in [1.54, 1.807) is 140 Å². The van der Waals surface area contributed by atoms with Crippen LogP contribution in [0.2, 0.25) is 0 Å². The molecule has 6 saturated heterocycles. The number of nitrogens with zero attached hydrogens (tertiary/aromatic N) is 9. The molecule has 492 valence electrons. The summed E-state index contributed by atoms with van der Waals surface area (Å²) in [4.78, 5) is 76.9. The zero-order valence-electron chi connectivity index (χ0n) is 48.9. The minimum Gasteiger partial charge on any atom is -0.451 e. The van der Waals surface area contributed by atoms with E-state index in [0.29, 0.717) is 33.8 Å². The number of anilines is 2. The molecule has 9 unspecified atom stereocenters. The Labute approximate surface area is 543 Å².